The van der Waals surface area contributed by atoms with Crippen LogP contribution in [0.2, 0.25) is 39.3 Å². The number of hydrogen-bond donors (Lipinski definition) is 0. The molecule has 0 unspecified atom stereocenters. The molecule has 0 saturated heterocycles. The Labute approximate surface area is 155 Å². The van der Waals surface area contributed by atoms with E-state index in [0.717, 1.165) is 16.6 Å². The van der Waals surface area contributed by atoms with E-state index >= 15 is 0 Å². The summed E-state index contributed by atoms with van der Waals surface area (Å²) in [4.78, 5) is 0. The van der Waals surface area contributed by atoms with Gasteiger partial charge in [-0.05, 0) is 57.9 Å². The standard InChI is InChI=1S/C17H36O2S2Si2/c1-14(2)20-16(18-22(5,6)7)12-11-13-17(21-15(3)4)19-23(8,9)10/h12-15H,11H2,1-10H3/b16-12-,17-13+. The molecule has 0 saturated carbocycles. The van der Waals surface area contributed by atoms with Gasteiger partial charge in [0.2, 0.25) is 16.6 Å². The third kappa shape index (κ3) is 15.5. The highest BCUT2D eigenvalue weighted by atomic mass is 32.2. The molecule has 0 aliphatic carbocycles. The van der Waals surface area contributed by atoms with Crippen molar-refractivity contribution >= 4 is 40.2 Å². The van der Waals surface area contributed by atoms with Crippen LogP contribution in [0.25, 0.3) is 0 Å². The smallest absolute Gasteiger partial charge is 0.242 e. The lowest BCUT2D eigenvalue weighted by atomic mass is 10.4. The summed E-state index contributed by atoms with van der Waals surface area (Å²) in [6.07, 6.45) is 5.27. The van der Waals surface area contributed by atoms with Gasteiger partial charge in [-0.1, -0.05) is 51.2 Å². The Hall–Kier alpha value is 0.214. The third-order valence-electron chi connectivity index (χ3n) is 2.09. The number of rotatable bonds is 10. The van der Waals surface area contributed by atoms with Gasteiger partial charge in [0.1, 0.15) is 10.2 Å². The maximum Gasteiger partial charge on any atom is 0.242 e. The van der Waals surface area contributed by atoms with E-state index in [4.69, 9.17) is 8.85 Å². The summed E-state index contributed by atoms with van der Waals surface area (Å²) in [5.41, 5.74) is 0. The van der Waals surface area contributed by atoms with Crippen LogP contribution in [0.15, 0.2) is 22.3 Å². The molecule has 0 aliphatic rings. The number of allylic oxidation sites excluding steroid dienone is 2. The average Bonchev–Trinajstić information content (AvgIpc) is 2.21. The van der Waals surface area contributed by atoms with Gasteiger partial charge in [0.05, 0.1) is 0 Å². The van der Waals surface area contributed by atoms with Gasteiger partial charge >= 0.3 is 0 Å². The van der Waals surface area contributed by atoms with Crippen LogP contribution in [0.5, 0.6) is 0 Å². The molecule has 0 bridgehead atoms. The lowest BCUT2D eigenvalue weighted by molar-refractivity contribution is 0.458. The monoisotopic (exact) mass is 392 g/mol. The SMILES string of the molecule is CC(C)S/C(=C\C/C=C(\O[Si](C)(C)C)SC(C)C)O[Si](C)(C)C. The first-order valence-corrected chi connectivity index (χ1v) is 17.0. The Balaban J connectivity index is 5.02. The Kier molecular flexibility index (Phi) is 10.4. The second-order valence-electron chi connectivity index (χ2n) is 8.04. The van der Waals surface area contributed by atoms with Crippen LogP contribution in [-0.4, -0.2) is 27.1 Å². The summed E-state index contributed by atoms with van der Waals surface area (Å²) < 4.78 is 12.4. The summed E-state index contributed by atoms with van der Waals surface area (Å²) in [6.45, 7) is 22.2. The molecule has 0 aromatic carbocycles. The van der Waals surface area contributed by atoms with Crippen molar-refractivity contribution in [3.05, 3.63) is 22.3 Å². The Bertz CT molecular complexity index is 368. The van der Waals surface area contributed by atoms with Crippen molar-refractivity contribution < 1.29 is 8.85 Å². The molecule has 0 amide bonds. The Morgan fingerprint density at radius 2 is 1.04 bits per heavy atom. The van der Waals surface area contributed by atoms with E-state index < -0.39 is 16.6 Å². The Morgan fingerprint density at radius 3 is 1.26 bits per heavy atom. The van der Waals surface area contributed by atoms with Gasteiger partial charge in [-0.3, -0.25) is 0 Å². The third-order valence-corrected chi connectivity index (χ3v) is 5.95. The van der Waals surface area contributed by atoms with E-state index in [9.17, 15) is 0 Å². The zero-order chi connectivity index (χ0) is 18.3. The molecule has 0 fully saturated rings. The molecule has 0 spiro atoms. The fourth-order valence-electron chi connectivity index (χ4n) is 1.55. The molecular formula is C17H36O2S2Si2. The maximum absolute atomic E-state index is 6.21. The first-order valence-electron chi connectivity index (χ1n) is 8.40. The van der Waals surface area contributed by atoms with Crippen LogP contribution in [0.3, 0.4) is 0 Å². The fraction of sp³-hybridized carbons (Fsp3) is 0.765. The molecule has 0 N–H and O–H groups in total. The molecule has 0 radical (unpaired) electrons. The first-order chi connectivity index (χ1) is 10.3. The molecule has 0 aliphatic heterocycles. The van der Waals surface area contributed by atoms with Crippen molar-refractivity contribution in [1.82, 2.24) is 0 Å². The summed E-state index contributed by atoms with van der Waals surface area (Å²) in [5, 5.41) is 3.20. The number of thioether (sulfide) groups is 2. The largest absolute Gasteiger partial charge is 0.540 e. The van der Waals surface area contributed by atoms with Crippen molar-refractivity contribution in [2.45, 2.75) is 83.9 Å². The quantitative estimate of drug-likeness (QED) is 0.293. The highest BCUT2D eigenvalue weighted by molar-refractivity contribution is 8.03. The van der Waals surface area contributed by atoms with Crippen LogP contribution in [-0.2, 0) is 8.85 Å². The summed E-state index contributed by atoms with van der Waals surface area (Å²) in [6, 6.07) is 0. The van der Waals surface area contributed by atoms with E-state index in [1.165, 1.54) is 0 Å². The van der Waals surface area contributed by atoms with Gasteiger partial charge in [-0.25, -0.2) is 0 Å². The maximum atomic E-state index is 6.21. The van der Waals surface area contributed by atoms with Crippen molar-refractivity contribution in [2.75, 3.05) is 0 Å². The van der Waals surface area contributed by atoms with Crippen molar-refractivity contribution in [3.8, 4) is 0 Å². The molecular weight excluding hydrogens is 356 g/mol. The van der Waals surface area contributed by atoms with Crippen LogP contribution in [0, 0.1) is 0 Å². The Morgan fingerprint density at radius 1 is 0.739 bits per heavy atom. The molecule has 0 aromatic rings. The fourth-order valence-corrected chi connectivity index (χ4v) is 6.12. The van der Waals surface area contributed by atoms with E-state index in [1.807, 2.05) is 23.5 Å². The zero-order valence-corrected chi connectivity index (χ0v) is 20.3. The predicted octanol–water partition coefficient (Wildman–Crippen LogP) is 7.05. The summed E-state index contributed by atoms with van der Waals surface area (Å²) >= 11 is 3.62. The lowest BCUT2D eigenvalue weighted by Gasteiger charge is -2.23. The van der Waals surface area contributed by atoms with E-state index in [2.05, 4.69) is 79.1 Å². The molecule has 136 valence electrons. The molecule has 0 heterocycles. The normalized spacial score (nSPS) is 14.6. The van der Waals surface area contributed by atoms with Crippen molar-refractivity contribution in [2.24, 2.45) is 0 Å². The van der Waals surface area contributed by atoms with Crippen LogP contribution >= 0.6 is 23.5 Å². The van der Waals surface area contributed by atoms with E-state index in [-0.39, 0.29) is 0 Å². The van der Waals surface area contributed by atoms with Gasteiger partial charge in [-0.15, -0.1) is 0 Å². The lowest BCUT2D eigenvalue weighted by Crippen LogP contribution is -2.24. The highest BCUT2D eigenvalue weighted by Gasteiger charge is 2.20. The second kappa shape index (κ2) is 10.3. The minimum atomic E-state index is -1.57. The van der Waals surface area contributed by atoms with Gasteiger partial charge in [0.25, 0.3) is 0 Å². The average molecular weight is 393 g/mol. The van der Waals surface area contributed by atoms with Gasteiger partial charge in [0, 0.05) is 10.5 Å². The molecule has 0 rings (SSSR count). The highest BCUT2D eigenvalue weighted by Crippen LogP contribution is 2.29. The predicted molar refractivity (Wildman–Crippen MR) is 115 cm³/mol. The summed E-state index contributed by atoms with van der Waals surface area (Å²) in [7, 11) is -3.14. The minimum Gasteiger partial charge on any atom is -0.540 e. The molecule has 23 heavy (non-hydrogen) atoms. The summed E-state index contributed by atoms with van der Waals surface area (Å²) in [5.74, 6) is 0. The van der Waals surface area contributed by atoms with Crippen LogP contribution in [0.1, 0.15) is 34.1 Å². The molecule has 0 atom stereocenters. The van der Waals surface area contributed by atoms with Crippen molar-refractivity contribution in [3.63, 3.8) is 0 Å². The van der Waals surface area contributed by atoms with Crippen LogP contribution in [0.4, 0.5) is 0 Å². The molecule has 0 aromatic heterocycles. The van der Waals surface area contributed by atoms with Gasteiger partial charge in [0.15, 0.2) is 0 Å². The van der Waals surface area contributed by atoms with E-state index in [1.54, 1.807) is 0 Å². The molecule has 2 nitrogen and oxygen atoms in total. The minimum absolute atomic E-state index is 0.532. The van der Waals surface area contributed by atoms with E-state index in [0.29, 0.717) is 10.5 Å². The zero-order valence-electron chi connectivity index (χ0n) is 16.6. The van der Waals surface area contributed by atoms with Gasteiger partial charge in [-0.2, -0.15) is 0 Å². The first kappa shape index (κ1) is 23.2. The van der Waals surface area contributed by atoms with Crippen LogP contribution < -0.4 is 0 Å². The second-order valence-corrected chi connectivity index (χ2v) is 20.1. The molecule has 6 heteroatoms. The van der Waals surface area contributed by atoms with Crippen molar-refractivity contribution in [1.29, 1.82) is 0 Å². The number of hydrogen-bond acceptors (Lipinski definition) is 4. The van der Waals surface area contributed by atoms with Gasteiger partial charge < -0.3 is 8.85 Å². The topological polar surface area (TPSA) is 18.5 Å².